The van der Waals surface area contributed by atoms with E-state index in [4.69, 9.17) is 10.7 Å². The number of hydrogen-bond acceptors (Lipinski definition) is 3. The molecule has 1 rings (SSSR count). The Morgan fingerprint density at radius 1 is 1.37 bits per heavy atom. The summed E-state index contributed by atoms with van der Waals surface area (Å²) in [5.41, 5.74) is 0.298. The Kier molecular flexibility index (Phi) is 5.82. The Balaban J connectivity index is 3.07. The summed E-state index contributed by atoms with van der Waals surface area (Å²) >= 11 is 3.18. The Hall–Kier alpha value is -0.590. The third kappa shape index (κ3) is 4.78. The van der Waals surface area contributed by atoms with Gasteiger partial charge in [-0.1, -0.05) is 29.3 Å². The van der Waals surface area contributed by atoms with Gasteiger partial charge in [-0.15, -0.1) is 0 Å². The van der Waals surface area contributed by atoms with Crippen LogP contribution in [-0.4, -0.2) is 32.8 Å². The van der Waals surface area contributed by atoms with Crippen molar-refractivity contribution in [1.82, 2.24) is 4.90 Å². The van der Waals surface area contributed by atoms with Crippen molar-refractivity contribution < 1.29 is 13.2 Å². The van der Waals surface area contributed by atoms with E-state index in [9.17, 15) is 13.2 Å². The predicted octanol–water partition coefficient (Wildman–Crippen LogP) is 3.25. The first kappa shape index (κ1) is 16.5. The highest BCUT2D eigenvalue weighted by atomic mass is 79.9. The summed E-state index contributed by atoms with van der Waals surface area (Å²) in [6.45, 7) is 2.67. The molecule has 7 heteroatoms. The van der Waals surface area contributed by atoms with E-state index < -0.39 is 9.05 Å². The maximum atomic E-state index is 12.1. The smallest absolute Gasteiger partial charge is 0.261 e. The number of nitrogens with zero attached hydrogens (tertiary/aromatic N) is 1. The van der Waals surface area contributed by atoms with Crippen molar-refractivity contribution in [2.45, 2.75) is 24.7 Å². The first-order valence-electron chi connectivity index (χ1n) is 5.76. The number of rotatable bonds is 5. The highest BCUT2D eigenvalue weighted by Gasteiger charge is 2.17. The molecule has 106 valence electrons. The monoisotopic (exact) mass is 367 g/mol. The van der Waals surface area contributed by atoms with Crippen LogP contribution in [0.25, 0.3) is 0 Å². The van der Waals surface area contributed by atoms with Gasteiger partial charge in [0.15, 0.2) is 0 Å². The van der Waals surface area contributed by atoms with Crippen LogP contribution in [-0.2, 0) is 9.05 Å². The predicted molar refractivity (Wildman–Crippen MR) is 79.0 cm³/mol. The fourth-order valence-electron chi connectivity index (χ4n) is 1.54. The van der Waals surface area contributed by atoms with E-state index in [-0.39, 0.29) is 10.8 Å². The molecule has 0 aliphatic carbocycles. The zero-order valence-corrected chi connectivity index (χ0v) is 13.8. The normalized spacial score (nSPS) is 11.4. The number of carbonyl (C=O) groups is 1. The quantitative estimate of drug-likeness (QED) is 0.750. The maximum absolute atomic E-state index is 12.1. The van der Waals surface area contributed by atoms with E-state index in [1.165, 1.54) is 12.1 Å². The third-order valence-corrected chi connectivity index (χ3v) is 4.38. The number of carbonyl (C=O) groups excluding carboxylic acids is 1. The van der Waals surface area contributed by atoms with Crippen LogP contribution in [0.4, 0.5) is 0 Å². The molecule has 0 aromatic heterocycles. The van der Waals surface area contributed by atoms with Gasteiger partial charge in [0.2, 0.25) is 0 Å². The van der Waals surface area contributed by atoms with E-state index >= 15 is 0 Å². The lowest BCUT2D eigenvalue weighted by molar-refractivity contribution is 0.0793. The Morgan fingerprint density at radius 2 is 2.00 bits per heavy atom. The molecule has 0 fully saturated rings. The number of halogens is 2. The third-order valence-electron chi connectivity index (χ3n) is 2.59. The van der Waals surface area contributed by atoms with Gasteiger partial charge in [0, 0.05) is 34.3 Å². The molecule has 0 aliphatic heterocycles. The second-order valence-corrected chi connectivity index (χ2v) is 7.68. The summed E-state index contributed by atoms with van der Waals surface area (Å²) in [5, 5.41) is 0. The summed E-state index contributed by atoms with van der Waals surface area (Å²) in [4.78, 5) is 13.6. The maximum Gasteiger partial charge on any atom is 0.261 e. The Morgan fingerprint density at radius 3 is 2.53 bits per heavy atom. The SMILES string of the molecule is CCCCN(C)C(=O)c1cc(Br)cc(S(=O)(=O)Cl)c1. The van der Waals surface area contributed by atoms with Crippen molar-refractivity contribution in [1.29, 1.82) is 0 Å². The molecule has 1 amide bonds. The first-order chi connectivity index (χ1) is 8.75. The van der Waals surface area contributed by atoms with Gasteiger partial charge < -0.3 is 4.90 Å². The molecule has 0 radical (unpaired) electrons. The van der Waals surface area contributed by atoms with Gasteiger partial charge in [-0.2, -0.15) is 0 Å². The van der Waals surface area contributed by atoms with Gasteiger partial charge in [-0.3, -0.25) is 4.79 Å². The molecule has 0 saturated carbocycles. The fraction of sp³-hybridized carbons (Fsp3) is 0.417. The van der Waals surface area contributed by atoms with Crippen molar-refractivity contribution in [3.63, 3.8) is 0 Å². The van der Waals surface area contributed by atoms with Crippen molar-refractivity contribution in [2.24, 2.45) is 0 Å². The van der Waals surface area contributed by atoms with Crippen LogP contribution in [0.1, 0.15) is 30.1 Å². The summed E-state index contributed by atoms with van der Waals surface area (Å²) in [7, 11) is 3.13. The summed E-state index contributed by atoms with van der Waals surface area (Å²) in [6.07, 6.45) is 1.88. The minimum absolute atomic E-state index is 0.0872. The van der Waals surface area contributed by atoms with Crippen LogP contribution in [0.3, 0.4) is 0 Å². The van der Waals surface area contributed by atoms with Crippen LogP contribution in [0.15, 0.2) is 27.6 Å². The van der Waals surface area contributed by atoms with Crippen molar-refractivity contribution in [3.8, 4) is 0 Å². The van der Waals surface area contributed by atoms with Crippen LogP contribution in [0.5, 0.6) is 0 Å². The fourth-order valence-corrected chi connectivity index (χ4v) is 2.99. The van der Waals surface area contributed by atoms with Crippen molar-refractivity contribution in [3.05, 3.63) is 28.2 Å². The molecule has 0 aliphatic rings. The van der Waals surface area contributed by atoms with E-state index in [1.54, 1.807) is 18.0 Å². The van der Waals surface area contributed by atoms with Crippen molar-refractivity contribution in [2.75, 3.05) is 13.6 Å². The van der Waals surface area contributed by atoms with Crippen molar-refractivity contribution >= 4 is 41.6 Å². The molecule has 1 aromatic carbocycles. The van der Waals surface area contributed by atoms with Crippen LogP contribution < -0.4 is 0 Å². The Labute approximate surface area is 126 Å². The van der Waals surface area contributed by atoms with Gasteiger partial charge in [-0.05, 0) is 24.6 Å². The molecule has 0 atom stereocenters. The molecule has 0 bridgehead atoms. The van der Waals surface area contributed by atoms with E-state index in [0.717, 1.165) is 12.8 Å². The molecule has 1 aromatic rings. The van der Waals surface area contributed by atoms with Gasteiger partial charge in [0.1, 0.15) is 0 Å². The molecule has 0 saturated heterocycles. The lowest BCUT2D eigenvalue weighted by atomic mass is 10.2. The standard InChI is InChI=1S/C12H15BrClNO3S/c1-3-4-5-15(2)12(16)9-6-10(13)8-11(7-9)19(14,17)18/h6-8H,3-5H2,1-2H3. The second-order valence-electron chi connectivity index (χ2n) is 4.19. The average molecular weight is 369 g/mol. The topological polar surface area (TPSA) is 54.5 Å². The minimum Gasteiger partial charge on any atom is -0.342 e. The molecular formula is C12H15BrClNO3S. The zero-order chi connectivity index (χ0) is 14.6. The average Bonchev–Trinajstić information content (AvgIpc) is 2.33. The molecule has 0 N–H and O–H groups in total. The largest absolute Gasteiger partial charge is 0.342 e. The number of unbranched alkanes of at least 4 members (excludes halogenated alkanes) is 1. The van der Waals surface area contributed by atoms with Crippen LogP contribution in [0.2, 0.25) is 0 Å². The summed E-state index contributed by atoms with van der Waals surface area (Å²) in [6, 6.07) is 4.24. The first-order valence-corrected chi connectivity index (χ1v) is 8.86. The number of benzene rings is 1. The molecular weight excluding hydrogens is 354 g/mol. The zero-order valence-electron chi connectivity index (χ0n) is 10.7. The van der Waals surface area contributed by atoms with Crippen LogP contribution in [0, 0.1) is 0 Å². The summed E-state index contributed by atoms with van der Waals surface area (Å²) in [5.74, 6) is -0.226. The van der Waals surface area contributed by atoms with Crippen LogP contribution >= 0.6 is 26.6 Å². The van der Waals surface area contributed by atoms with Gasteiger partial charge in [-0.25, -0.2) is 8.42 Å². The van der Waals surface area contributed by atoms with Gasteiger partial charge >= 0.3 is 0 Å². The number of amides is 1. The molecule has 19 heavy (non-hydrogen) atoms. The van der Waals surface area contributed by atoms with Gasteiger partial charge in [0.25, 0.3) is 15.0 Å². The molecule has 4 nitrogen and oxygen atoms in total. The lowest BCUT2D eigenvalue weighted by Crippen LogP contribution is -2.27. The van der Waals surface area contributed by atoms with E-state index in [2.05, 4.69) is 15.9 Å². The highest BCUT2D eigenvalue weighted by molar-refractivity contribution is 9.10. The highest BCUT2D eigenvalue weighted by Crippen LogP contribution is 2.23. The minimum atomic E-state index is -3.85. The Bertz CT molecular complexity index is 574. The van der Waals surface area contributed by atoms with E-state index in [0.29, 0.717) is 16.6 Å². The number of hydrogen-bond donors (Lipinski definition) is 0. The lowest BCUT2D eigenvalue weighted by Gasteiger charge is -2.17. The van der Waals surface area contributed by atoms with E-state index in [1.807, 2.05) is 6.92 Å². The summed E-state index contributed by atoms with van der Waals surface area (Å²) < 4.78 is 23.1. The van der Waals surface area contributed by atoms with Gasteiger partial charge in [0.05, 0.1) is 4.90 Å². The second kappa shape index (κ2) is 6.72. The molecule has 0 heterocycles. The molecule has 0 spiro atoms. The molecule has 0 unspecified atom stereocenters.